The van der Waals surface area contributed by atoms with E-state index in [0.29, 0.717) is 5.41 Å². The molecule has 3 aliphatic rings. The molecule has 2 fully saturated rings. The molecule has 1 amide bonds. The lowest BCUT2D eigenvalue weighted by atomic mass is 9.71. The minimum Gasteiger partial charge on any atom is -0.312 e. The molecule has 118 valence electrons. The Morgan fingerprint density at radius 3 is 2.64 bits per heavy atom. The van der Waals surface area contributed by atoms with Gasteiger partial charge < -0.3 is 9.80 Å². The summed E-state index contributed by atoms with van der Waals surface area (Å²) in [5.74, 6) is 1.17. The topological polar surface area (TPSA) is 23.6 Å². The monoisotopic (exact) mass is 298 g/mol. The van der Waals surface area contributed by atoms with Crippen molar-refractivity contribution >= 4 is 11.6 Å². The van der Waals surface area contributed by atoms with E-state index in [2.05, 4.69) is 23.1 Å². The van der Waals surface area contributed by atoms with Gasteiger partial charge in [0.1, 0.15) is 0 Å². The second-order valence-corrected chi connectivity index (χ2v) is 7.65. The molecule has 0 aromatic heterocycles. The lowest BCUT2D eigenvalue weighted by molar-refractivity contribution is -0.117. The van der Waals surface area contributed by atoms with Crippen LogP contribution in [0, 0.1) is 11.3 Å². The molecule has 22 heavy (non-hydrogen) atoms. The smallest absolute Gasteiger partial charge is 0.223 e. The summed E-state index contributed by atoms with van der Waals surface area (Å²) in [5, 5.41) is 0. The number of anilines is 1. The third kappa shape index (κ3) is 2.67. The van der Waals surface area contributed by atoms with Crippen LogP contribution in [-0.2, 0) is 11.2 Å². The summed E-state index contributed by atoms with van der Waals surface area (Å²) in [6.07, 6.45) is 6.49. The normalized spacial score (nSPS) is 24.3. The van der Waals surface area contributed by atoms with Gasteiger partial charge in [-0.3, -0.25) is 4.79 Å². The van der Waals surface area contributed by atoms with Crippen molar-refractivity contribution < 1.29 is 4.79 Å². The van der Waals surface area contributed by atoms with Crippen LogP contribution in [0.1, 0.15) is 38.2 Å². The van der Waals surface area contributed by atoms with Crippen molar-refractivity contribution in [2.24, 2.45) is 11.3 Å². The Kier molecular flexibility index (Phi) is 3.48. The van der Waals surface area contributed by atoms with Crippen LogP contribution in [0.25, 0.3) is 0 Å². The molecule has 2 aliphatic heterocycles. The highest BCUT2D eigenvalue weighted by Gasteiger charge is 2.41. The third-order valence-corrected chi connectivity index (χ3v) is 5.85. The number of fused-ring (bicyclic) bond motifs is 1. The van der Waals surface area contributed by atoms with Crippen molar-refractivity contribution in [3.05, 3.63) is 29.8 Å². The number of hydrogen-bond donors (Lipinski definition) is 0. The lowest BCUT2D eigenvalue weighted by Crippen LogP contribution is -2.51. The summed E-state index contributed by atoms with van der Waals surface area (Å²) in [4.78, 5) is 16.8. The Labute approximate surface area is 133 Å². The predicted molar refractivity (Wildman–Crippen MR) is 89.0 cm³/mol. The van der Waals surface area contributed by atoms with E-state index in [4.69, 9.17) is 0 Å². The van der Waals surface area contributed by atoms with Crippen molar-refractivity contribution in [3.63, 3.8) is 0 Å². The van der Waals surface area contributed by atoms with Crippen molar-refractivity contribution in [2.75, 3.05) is 31.1 Å². The summed E-state index contributed by atoms with van der Waals surface area (Å²) in [5.41, 5.74) is 2.81. The molecule has 0 bridgehead atoms. The number of hydrogen-bond acceptors (Lipinski definition) is 2. The number of carbonyl (C=O) groups is 1. The largest absolute Gasteiger partial charge is 0.312 e. The van der Waals surface area contributed by atoms with E-state index < -0.39 is 0 Å². The van der Waals surface area contributed by atoms with Crippen LogP contribution in [0.3, 0.4) is 0 Å². The average Bonchev–Trinajstić information content (AvgIpc) is 3.33. The number of piperidine rings is 1. The Bertz CT molecular complexity index is 571. The quantitative estimate of drug-likeness (QED) is 0.837. The first-order valence-corrected chi connectivity index (χ1v) is 8.74. The van der Waals surface area contributed by atoms with Crippen LogP contribution in [0.4, 0.5) is 5.69 Å². The first-order chi connectivity index (χ1) is 10.7. The van der Waals surface area contributed by atoms with Gasteiger partial charge >= 0.3 is 0 Å². The van der Waals surface area contributed by atoms with E-state index in [1.165, 1.54) is 50.9 Å². The highest BCUT2D eigenvalue weighted by atomic mass is 16.2. The van der Waals surface area contributed by atoms with Gasteiger partial charge in [-0.2, -0.15) is 0 Å². The van der Waals surface area contributed by atoms with Crippen molar-refractivity contribution in [1.82, 2.24) is 4.90 Å². The standard InChI is InChI=1S/C19H26N2O/c1-15(22)21-14-19(12-17-4-2-3-5-18(17)21)8-10-20(11-9-19)13-16-6-7-16/h2-5,16H,6-14H2,1H3. The van der Waals surface area contributed by atoms with Gasteiger partial charge in [-0.15, -0.1) is 0 Å². The van der Waals surface area contributed by atoms with Gasteiger partial charge in [0.05, 0.1) is 0 Å². The molecule has 1 saturated carbocycles. The maximum absolute atomic E-state index is 12.1. The molecular formula is C19H26N2O. The minimum atomic E-state index is 0.187. The molecule has 0 N–H and O–H groups in total. The molecule has 1 aromatic rings. The third-order valence-electron chi connectivity index (χ3n) is 5.85. The highest BCUT2D eigenvalue weighted by Crippen LogP contribution is 2.43. The predicted octanol–water partition coefficient (Wildman–Crippen LogP) is 3.09. The van der Waals surface area contributed by atoms with Crippen LogP contribution in [0.15, 0.2) is 24.3 Å². The summed E-state index contributed by atoms with van der Waals surface area (Å²) < 4.78 is 0. The first-order valence-electron chi connectivity index (χ1n) is 8.74. The molecule has 1 aromatic carbocycles. The van der Waals surface area contributed by atoms with E-state index in [-0.39, 0.29) is 5.91 Å². The zero-order chi connectivity index (χ0) is 15.2. The van der Waals surface area contributed by atoms with Gasteiger partial charge in [0.25, 0.3) is 0 Å². The lowest BCUT2D eigenvalue weighted by Gasteiger charge is -2.48. The Morgan fingerprint density at radius 1 is 1.23 bits per heavy atom. The number of benzene rings is 1. The van der Waals surface area contributed by atoms with Crippen molar-refractivity contribution in [3.8, 4) is 0 Å². The Hall–Kier alpha value is -1.35. The van der Waals surface area contributed by atoms with Gasteiger partial charge in [-0.1, -0.05) is 18.2 Å². The molecule has 3 nitrogen and oxygen atoms in total. The fourth-order valence-electron chi connectivity index (χ4n) is 4.30. The maximum atomic E-state index is 12.1. The number of rotatable bonds is 2. The first kappa shape index (κ1) is 14.3. The van der Waals surface area contributed by atoms with Gasteiger partial charge in [-0.25, -0.2) is 0 Å². The molecule has 1 spiro atoms. The Morgan fingerprint density at radius 2 is 1.95 bits per heavy atom. The minimum absolute atomic E-state index is 0.187. The second kappa shape index (κ2) is 5.38. The van der Waals surface area contributed by atoms with E-state index in [0.717, 1.165) is 24.6 Å². The molecule has 2 heterocycles. The summed E-state index contributed by atoms with van der Waals surface area (Å²) in [6.45, 7) is 6.35. The molecule has 0 radical (unpaired) electrons. The van der Waals surface area contributed by atoms with E-state index in [9.17, 15) is 4.79 Å². The van der Waals surface area contributed by atoms with Gasteiger partial charge in [0.2, 0.25) is 5.91 Å². The molecule has 3 heteroatoms. The average molecular weight is 298 g/mol. The maximum Gasteiger partial charge on any atom is 0.223 e. The van der Waals surface area contributed by atoms with Crippen LogP contribution in [-0.4, -0.2) is 37.0 Å². The second-order valence-electron chi connectivity index (χ2n) is 7.65. The summed E-state index contributed by atoms with van der Waals surface area (Å²) in [7, 11) is 0. The van der Waals surface area contributed by atoms with Crippen LogP contribution < -0.4 is 4.90 Å². The van der Waals surface area contributed by atoms with Crippen molar-refractivity contribution in [1.29, 1.82) is 0 Å². The zero-order valence-corrected chi connectivity index (χ0v) is 13.6. The number of carbonyl (C=O) groups excluding carboxylic acids is 1. The molecule has 1 saturated heterocycles. The highest BCUT2D eigenvalue weighted by molar-refractivity contribution is 5.93. The molecule has 1 aliphatic carbocycles. The molecule has 0 atom stereocenters. The SMILES string of the molecule is CC(=O)N1CC2(CCN(CC3CC3)CC2)Cc2ccccc21. The molecular weight excluding hydrogens is 272 g/mol. The summed E-state index contributed by atoms with van der Waals surface area (Å²) in [6, 6.07) is 8.47. The number of amides is 1. The van der Waals surface area contributed by atoms with Gasteiger partial charge in [-0.05, 0) is 68.2 Å². The fraction of sp³-hybridized carbons (Fsp3) is 0.632. The van der Waals surface area contributed by atoms with Crippen LogP contribution >= 0.6 is 0 Å². The summed E-state index contributed by atoms with van der Waals surface area (Å²) >= 11 is 0. The number of nitrogens with zero attached hydrogens (tertiary/aromatic N) is 2. The van der Waals surface area contributed by atoms with Crippen LogP contribution in [0.5, 0.6) is 0 Å². The van der Waals surface area contributed by atoms with E-state index in [1.807, 2.05) is 11.0 Å². The van der Waals surface area contributed by atoms with E-state index >= 15 is 0 Å². The van der Waals surface area contributed by atoms with Crippen LogP contribution in [0.2, 0.25) is 0 Å². The molecule has 0 unspecified atom stereocenters. The zero-order valence-electron chi connectivity index (χ0n) is 13.6. The molecule has 4 rings (SSSR count). The number of likely N-dealkylation sites (tertiary alicyclic amines) is 1. The fourth-order valence-corrected chi connectivity index (χ4v) is 4.30. The van der Waals surface area contributed by atoms with Gasteiger partial charge in [0.15, 0.2) is 0 Å². The van der Waals surface area contributed by atoms with Gasteiger partial charge in [0, 0.05) is 25.7 Å². The van der Waals surface area contributed by atoms with E-state index in [1.54, 1.807) is 6.92 Å². The van der Waals surface area contributed by atoms with Crippen molar-refractivity contribution in [2.45, 2.75) is 39.0 Å². The Balaban J connectivity index is 1.52. The number of para-hydroxylation sites is 1.